The van der Waals surface area contributed by atoms with E-state index < -0.39 is 0 Å². The molecule has 2 N–H and O–H groups in total. The number of rotatable bonds is 7. The average Bonchev–Trinajstić information content (AvgIpc) is 2.74. The topological polar surface area (TPSA) is 67.8 Å². The molecule has 0 saturated carbocycles. The van der Waals surface area contributed by atoms with Crippen molar-refractivity contribution in [3.63, 3.8) is 0 Å². The molecule has 2 aromatic rings. The summed E-state index contributed by atoms with van der Waals surface area (Å²) in [5.74, 6) is 0.757. The maximum Gasteiger partial charge on any atom is 0.191 e. The van der Waals surface area contributed by atoms with Gasteiger partial charge in [0.05, 0.1) is 24.9 Å². The Labute approximate surface area is 161 Å². The molecule has 1 aliphatic heterocycles. The lowest BCUT2D eigenvalue weighted by atomic mass is 10.1. The SMILES string of the molecule is CN=C(NCc1ccc(COC2CCOCC2)cc1)NCc1ccccn1. The highest BCUT2D eigenvalue weighted by molar-refractivity contribution is 5.79. The van der Waals surface area contributed by atoms with Gasteiger partial charge in [-0.1, -0.05) is 30.3 Å². The van der Waals surface area contributed by atoms with Crippen LogP contribution in [-0.2, 0) is 29.2 Å². The third-order valence-electron chi connectivity index (χ3n) is 4.52. The second kappa shape index (κ2) is 10.6. The summed E-state index contributed by atoms with van der Waals surface area (Å²) in [6, 6.07) is 14.4. The first-order chi connectivity index (χ1) is 13.3. The van der Waals surface area contributed by atoms with Crippen molar-refractivity contribution in [2.24, 2.45) is 4.99 Å². The number of hydrogen-bond acceptors (Lipinski definition) is 4. The maximum atomic E-state index is 5.97. The van der Waals surface area contributed by atoms with Crippen molar-refractivity contribution in [1.82, 2.24) is 15.6 Å². The standard InChI is InChI=1S/C21H28N4O2/c1-22-21(25-15-19-4-2-3-11-23-19)24-14-17-5-7-18(8-6-17)16-27-20-9-12-26-13-10-20/h2-8,11,20H,9-10,12-16H2,1H3,(H2,22,24,25). The van der Waals surface area contributed by atoms with Crippen LogP contribution in [0.3, 0.4) is 0 Å². The molecular formula is C21H28N4O2. The van der Waals surface area contributed by atoms with Gasteiger partial charge in [-0.05, 0) is 36.1 Å². The summed E-state index contributed by atoms with van der Waals surface area (Å²) in [5, 5.41) is 6.60. The van der Waals surface area contributed by atoms with Gasteiger partial charge in [-0.3, -0.25) is 9.98 Å². The fourth-order valence-corrected chi connectivity index (χ4v) is 2.89. The second-order valence-electron chi connectivity index (χ2n) is 6.54. The number of hydrogen-bond donors (Lipinski definition) is 2. The summed E-state index contributed by atoms with van der Waals surface area (Å²) < 4.78 is 11.3. The van der Waals surface area contributed by atoms with Gasteiger partial charge in [0.15, 0.2) is 5.96 Å². The van der Waals surface area contributed by atoms with Crippen LogP contribution < -0.4 is 10.6 Å². The molecule has 0 aliphatic carbocycles. The van der Waals surface area contributed by atoms with Crippen LogP contribution in [0.25, 0.3) is 0 Å². The van der Waals surface area contributed by atoms with Crippen LogP contribution >= 0.6 is 0 Å². The van der Waals surface area contributed by atoms with E-state index in [-0.39, 0.29) is 0 Å². The van der Waals surface area contributed by atoms with Gasteiger partial charge in [-0.15, -0.1) is 0 Å². The van der Waals surface area contributed by atoms with Gasteiger partial charge in [0, 0.05) is 33.0 Å². The number of pyridine rings is 1. The first-order valence-corrected chi connectivity index (χ1v) is 9.45. The van der Waals surface area contributed by atoms with Gasteiger partial charge in [-0.2, -0.15) is 0 Å². The highest BCUT2D eigenvalue weighted by Gasteiger charge is 2.13. The maximum absolute atomic E-state index is 5.97. The number of guanidine groups is 1. The summed E-state index contributed by atoms with van der Waals surface area (Å²) in [5.41, 5.74) is 3.38. The van der Waals surface area contributed by atoms with Crippen LogP contribution in [0.5, 0.6) is 0 Å². The van der Waals surface area contributed by atoms with E-state index in [2.05, 4.69) is 44.9 Å². The molecule has 3 rings (SSSR count). The molecule has 0 unspecified atom stereocenters. The van der Waals surface area contributed by atoms with E-state index in [1.54, 1.807) is 13.2 Å². The minimum Gasteiger partial charge on any atom is -0.381 e. The Morgan fingerprint density at radius 3 is 2.52 bits per heavy atom. The molecule has 1 fully saturated rings. The summed E-state index contributed by atoms with van der Waals surface area (Å²) in [6.07, 6.45) is 4.10. The third-order valence-corrected chi connectivity index (χ3v) is 4.52. The van der Waals surface area contributed by atoms with Crippen LogP contribution in [0.4, 0.5) is 0 Å². The number of ether oxygens (including phenoxy) is 2. The van der Waals surface area contributed by atoms with E-state index in [4.69, 9.17) is 9.47 Å². The Hall–Kier alpha value is -2.44. The lowest BCUT2D eigenvalue weighted by molar-refractivity contribution is -0.0390. The fourth-order valence-electron chi connectivity index (χ4n) is 2.89. The molecule has 1 saturated heterocycles. The van der Waals surface area contributed by atoms with Crippen LogP contribution in [0, 0.1) is 0 Å². The van der Waals surface area contributed by atoms with Crippen LogP contribution in [0.1, 0.15) is 29.7 Å². The van der Waals surface area contributed by atoms with E-state index >= 15 is 0 Å². The third kappa shape index (κ3) is 6.66. The summed E-state index contributed by atoms with van der Waals surface area (Å²) in [6.45, 7) is 3.63. The Balaban J connectivity index is 1.40. The van der Waals surface area contributed by atoms with Crippen LogP contribution in [0.15, 0.2) is 53.7 Å². The van der Waals surface area contributed by atoms with Crippen molar-refractivity contribution in [3.8, 4) is 0 Å². The summed E-state index contributed by atoms with van der Waals surface area (Å²) in [7, 11) is 1.77. The number of benzene rings is 1. The Morgan fingerprint density at radius 2 is 1.81 bits per heavy atom. The predicted octanol–water partition coefficient (Wildman–Crippen LogP) is 2.64. The smallest absolute Gasteiger partial charge is 0.191 e. The molecule has 0 atom stereocenters. The molecule has 0 amide bonds. The minimum absolute atomic E-state index is 0.327. The highest BCUT2D eigenvalue weighted by atomic mass is 16.5. The van der Waals surface area contributed by atoms with E-state index in [1.807, 2.05) is 18.2 Å². The first-order valence-electron chi connectivity index (χ1n) is 9.45. The van der Waals surface area contributed by atoms with Crippen molar-refractivity contribution < 1.29 is 9.47 Å². The minimum atomic E-state index is 0.327. The van der Waals surface area contributed by atoms with Crippen LogP contribution in [0.2, 0.25) is 0 Å². The molecule has 6 heteroatoms. The molecular weight excluding hydrogens is 340 g/mol. The fraction of sp³-hybridized carbons (Fsp3) is 0.429. The Morgan fingerprint density at radius 1 is 1.07 bits per heavy atom. The van der Waals surface area contributed by atoms with Gasteiger partial charge >= 0.3 is 0 Å². The zero-order chi connectivity index (χ0) is 18.7. The van der Waals surface area contributed by atoms with Gasteiger partial charge in [-0.25, -0.2) is 0 Å². The lowest BCUT2D eigenvalue weighted by Gasteiger charge is -2.22. The molecule has 0 bridgehead atoms. The zero-order valence-electron chi connectivity index (χ0n) is 15.9. The molecule has 1 aromatic heterocycles. The Bertz CT molecular complexity index is 698. The van der Waals surface area contributed by atoms with Crippen molar-refractivity contribution in [3.05, 3.63) is 65.5 Å². The molecule has 1 aliphatic rings. The van der Waals surface area contributed by atoms with Gasteiger partial charge < -0.3 is 20.1 Å². The molecule has 6 nitrogen and oxygen atoms in total. The highest BCUT2D eigenvalue weighted by Crippen LogP contribution is 2.14. The van der Waals surface area contributed by atoms with Crippen molar-refractivity contribution >= 4 is 5.96 Å². The van der Waals surface area contributed by atoms with E-state index in [9.17, 15) is 0 Å². The number of aromatic nitrogens is 1. The number of nitrogens with one attached hydrogen (secondary N) is 2. The molecule has 0 radical (unpaired) electrons. The largest absolute Gasteiger partial charge is 0.381 e. The van der Waals surface area contributed by atoms with Crippen molar-refractivity contribution in [2.45, 2.75) is 38.6 Å². The normalized spacial score (nSPS) is 15.5. The summed E-state index contributed by atoms with van der Waals surface area (Å²) in [4.78, 5) is 8.55. The van der Waals surface area contributed by atoms with Gasteiger partial charge in [0.25, 0.3) is 0 Å². The predicted molar refractivity (Wildman–Crippen MR) is 106 cm³/mol. The molecule has 0 spiro atoms. The second-order valence-corrected chi connectivity index (χ2v) is 6.54. The molecule has 1 aromatic carbocycles. The quantitative estimate of drug-likeness (QED) is 0.581. The molecule has 144 valence electrons. The number of nitrogens with zero attached hydrogens (tertiary/aromatic N) is 2. The van der Waals surface area contributed by atoms with Crippen molar-refractivity contribution in [2.75, 3.05) is 20.3 Å². The zero-order valence-corrected chi connectivity index (χ0v) is 15.9. The average molecular weight is 368 g/mol. The van der Waals surface area contributed by atoms with E-state index in [0.717, 1.165) is 37.7 Å². The Kier molecular flexibility index (Phi) is 7.62. The van der Waals surface area contributed by atoms with Gasteiger partial charge in [0.1, 0.15) is 0 Å². The molecule has 2 heterocycles. The van der Waals surface area contributed by atoms with E-state index in [0.29, 0.717) is 25.8 Å². The first kappa shape index (κ1) is 19.3. The van der Waals surface area contributed by atoms with Gasteiger partial charge in [0.2, 0.25) is 0 Å². The number of aliphatic imine (C=N–C) groups is 1. The monoisotopic (exact) mass is 368 g/mol. The molecule has 27 heavy (non-hydrogen) atoms. The van der Waals surface area contributed by atoms with E-state index in [1.165, 1.54) is 11.1 Å². The van der Waals surface area contributed by atoms with Crippen molar-refractivity contribution in [1.29, 1.82) is 0 Å². The lowest BCUT2D eigenvalue weighted by Crippen LogP contribution is -2.36. The van der Waals surface area contributed by atoms with Crippen LogP contribution in [-0.4, -0.2) is 37.3 Å². The summed E-state index contributed by atoms with van der Waals surface area (Å²) >= 11 is 0.